The van der Waals surface area contributed by atoms with E-state index in [0.717, 1.165) is 24.1 Å². The Balaban J connectivity index is 1.34. The molecule has 0 aromatic heterocycles. The second kappa shape index (κ2) is 9.27. The summed E-state index contributed by atoms with van der Waals surface area (Å²) in [5.74, 6) is -0.326. The van der Waals surface area contributed by atoms with Crippen LogP contribution in [0.3, 0.4) is 0 Å². The summed E-state index contributed by atoms with van der Waals surface area (Å²) in [4.78, 5) is 25.0. The van der Waals surface area contributed by atoms with E-state index in [2.05, 4.69) is 28.1 Å². The molecule has 152 valence electrons. The molecule has 5 heteroatoms. The largest absolute Gasteiger partial charge is 0.376 e. The lowest BCUT2D eigenvalue weighted by atomic mass is 10.1. The summed E-state index contributed by atoms with van der Waals surface area (Å²) < 4.78 is 0. The summed E-state index contributed by atoms with van der Waals surface area (Å²) in [5, 5.41) is 8.95. The SMILES string of the molecule is O=C(CNc1ccccc1C(=O)NCc1ccccc1)Nc1ccc2c(c1)CCC2. The number of rotatable bonds is 7. The van der Waals surface area contributed by atoms with Gasteiger partial charge >= 0.3 is 0 Å². The van der Waals surface area contributed by atoms with Crippen molar-refractivity contribution in [2.24, 2.45) is 0 Å². The summed E-state index contributed by atoms with van der Waals surface area (Å²) in [6, 6.07) is 23.1. The highest BCUT2D eigenvalue weighted by Crippen LogP contribution is 2.25. The van der Waals surface area contributed by atoms with E-state index < -0.39 is 0 Å². The molecule has 1 aliphatic rings. The van der Waals surface area contributed by atoms with Gasteiger partial charge in [-0.15, -0.1) is 0 Å². The summed E-state index contributed by atoms with van der Waals surface area (Å²) in [7, 11) is 0. The number of nitrogens with one attached hydrogen (secondary N) is 3. The van der Waals surface area contributed by atoms with E-state index in [1.165, 1.54) is 17.5 Å². The van der Waals surface area contributed by atoms with Gasteiger partial charge in [-0.1, -0.05) is 48.5 Å². The summed E-state index contributed by atoms with van der Waals surface area (Å²) in [6.45, 7) is 0.535. The van der Waals surface area contributed by atoms with Crippen LogP contribution in [0.2, 0.25) is 0 Å². The van der Waals surface area contributed by atoms with Gasteiger partial charge in [-0.05, 0) is 60.2 Å². The minimum absolute atomic E-state index is 0.0834. The Kier molecular flexibility index (Phi) is 6.09. The lowest BCUT2D eigenvalue weighted by Crippen LogP contribution is -2.26. The first kappa shape index (κ1) is 19.7. The van der Waals surface area contributed by atoms with E-state index in [4.69, 9.17) is 0 Å². The molecular formula is C25H25N3O2. The van der Waals surface area contributed by atoms with E-state index in [9.17, 15) is 9.59 Å². The molecule has 0 bridgehead atoms. The minimum atomic E-state index is -0.180. The highest BCUT2D eigenvalue weighted by molar-refractivity contribution is 6.00. The molecule has 4 rings (SSSR count). The van der Waals surface area contributed by atoms with E-state index in [0.29, 0.717) is 17.8 Å². The van der Waals surface area contributed by atoms with Gasteiger partial charge in [0.05, 0.1) is 12.1 Å². The van der Waals surface area contributed by atoms with Crippen LogP contribution in [0, 0.1) is 0 Å². The Morgan fingerprint density at radius 1 is 0.833 bits per heavy atom. The normalized spacial score (nSPS) is 12.1. The molecule has 0 spiro atoms. The van der Waals surface area contributed by atoms with Gasteiger partial charge in [0.15, 0.2) is 0 Å². The van der Waals surface area contributed by atoms with Crippen molar-refractivity contribution in [3.63, 3.8) is 0 Å². The van der Waals surface area contributed by atoms with Gasteiger partial charge in [-0.25, -0.2) is 0 Å². The molecular weight excluding hydrogens is 374 g/mol. The minimum Gasteiger partial charge on any atom is -0.376 e. The van der Waals surface area contributed by atoms with Crippen molar-refractivity contribution in [1.29, 1.82) is 0 Å². The number of hydrogen-bond acceptors (Lipinski definition) is 3. The van der Waals surface area contributed by atoms with Crippen molar-refractivity contribution < 1.29 is 9.59 Å². The maximum Gasteiger partial charge on any atom is 0.253 e. The molecule has 0 atom stereocenters. The van der Waals surface area contributed by atoms with E-state index in [1.54, 1.807) is 12.1 Å². The van der Waals surface area contributed by atoms with Crippen molar-refractivity contribution in [2.45, 2.75) is 25.8 Å². The number of para-hydroxylation sites is 1. The Morgan fingerprint density at radius 2 is 1.60 bits per heavy atom. The van der Waals surface area contributed by atoms with Crippen LogP contribution >= 0.6 is 0 Å². The molecule has 3 N–H and O–H groups in total. The molecule has 0 radical (unpaired) electrons. The van der Waals surface area contributed by atoms with Crippen LogP contribution < -0.4 is 16.0 Å². The average Bonchev–Trinajstić information content (AvgIpc) is 3.25. The quantitative estimate of drug-likeness (QED) is 0.559. The molecule has 5 nitrogen and oxygen atoms in total. The van der Waals surface area contributed by atoms with E-state index >= 15 is 0 Å². The first-order chi connectivity index (χ1) is 14.7. The summed E-state index contributed by atoms with van der Waals surface area (Å²) in [5.41, 5.74) is 5.69. The van der Waals surface area contributed by atoms with Crippen molar-refractivity contribution in [2.75, 3.05) is 17.2 Å². The predicted octanol–water partition coefficient (Wildman–Crippen LogP) is 4.16. The second-order valence-electron chi connectivity index (χ2n) is 7.45. The Bertz CT molecular complexity index is 1050. The zero-order valence-corrected chi connectivity index (χ0v) is 16.8. The average molecular weight is 399 g/mol. The molecule has 1 aliphatic carbocycles. The van der Waals surface area contributed by atoms with Gasteiger partial charge in [0, 0.05) is 17.9 Å². The van der Waals surface area contributed by atoms with Gasteiger partial charge in [-0.3, -0.25) is 9.59 Å². The molecule has 3 aromatic carbocycles. The third-order valence-corrected chi connectivity index (χ3v) is 5.29. The van der Waals surface area contributed by atoms with Crippen LogP contribution in [0.25, 0.3) is 0 Å². The number of fused-ring (bicyclic) bond motifs is 1. The van der Waals surface area contributed by atoms with E-state index in [1.807, 2.05) is 48.5 Å². The Morgan fingerprint density at radius 3 is 2.47 bits per heavy atom. The molecule has 0 aliphatic heterocycles. The third-order valence-electron chi connectivity index (χ3n) is 5.29. The number of amides is 2. The number of aryl methyl sites for hydroxylation is 2. The van der Waals surface area contributed by atoms with Crippen LogP contribution in [0.4, 0.5) is 11.4 Å². The van der Waals surface area contributed by atoms with Crippen LogP contribution in [0.15, 0.2) is 72.8 Å². The molecule has 0 saturated heterocycles. The second-order valence-corrected chi connectivity index (χ2v) is 7.45. The summed E-state index contributed by atoms with van der Waals surface area (Å²) in [6.07, 6.45) is 3.37. The van der Waals surface area contributed by atoms with Crippen LogP contribution in [-0.2, 0) is 24.2 Å². The Labute approximate surface area is 176 Å². The fourth-order valence-electron chi connectivity index (χ4n) is 3.74. The maximum atomic E-state index is 12.6. The predicted molar refractivity (Wildman–Crippen MR) is 120 cm³/mol. The molecule has 0 heterocycles. The smallest absolute Gasteiger partial charge is 0.253 e. The van der Waals surface area contributed by atoms with Gasteiger partial charge < -0.3 is 16.0 Å². The fraction of sp³-hybridized carbons (Fsp3) is 0.200. The van der Waals surface area contributed by atoms with Crippen molar-refractivity contribution >= 4 is 23.2 Å². The van der Waals surface area contributed by atoms with Gasteiger partial charge in [0.1, 0.15) is 0 Å². The van der Waals surface area contributed by atoms with E-state index in [-0.39, 0.29) is 18.4 Å². The number of hydrogen-bond donors (Lipinski definition) is 3. The lowest BCUT2D eigenvalue weighted by molar-refractivity contribution is -0.114. The number of benzene rings is 3. The third kappa shape index (κ3) is 4.87. The number of carbonyl (C=O) groups is 2. The highest BCUT2D eigenvalue weighted by Gasteiger charge is 2.13. The topological polar surface area (TPSA) is 70.2 Å². The zero-order valence-electron chi connectivity index (χ0n) is 16.8. The molecule has 2 amide bonds. The van der Waals surface area contributed by atoms with Crippen molar-refractivity contribution in [3.8, 4) is 0 Å². The first-order valence-corrected chi connectivity index (χ1v) is 10.3. The van der Waals surface area contributed by atoms with Crippen LogP contribution in [-0.4, -0.2) is 18.4 Å². The monoisotopic (exact) mass is 399 g/mol. The number of anilines is 2. The standard InChI is InChI=1S/C25H25N3O2/c29-24(28-21-14-13-19-9-6-10-20(19)15-21)17-26-23-12-5-4-11-22(23)25(30)27-16-18-7-2-1-3-8-18/h1-5,7-8,11-15,26H,6,9-10,16-17H2,(H,27,30)(H,28,29). The van der Waals surface area contributed by atoms with Crippen LogP contribution in [0.1, 0.15) is 33.5 Å². The molecule has 3 aromatic rings. The Hall–Kier alpha value is -3.60. The van der Waals surface area contributed by atoms with Gasteiger partial charge in [-0.2, -0.15) is 0 Å². The van der Waals surface area contributed by atoms with Gasteiger partial charge in [0.25, 0.3) is 5.91 Å². The molecule has 0 unspecified atom stereocenters. The molecule has 0 saturated carbocycles. The molecule has 0 fully saturated rings. The van der Waals surface area contributed by atoms with Gasteiger partial charge in [0.2, 0.25) is 5.91 Å². The van der Waals surface area contributed by atoms with Crippen LogP contribution in [0.5, 0.6) is 0 Å². The van der Waals surface area contributed by atoms with Crippen molar-refractivity contribution in [1.82, 2.24) is 5.32 Å². The van der Waals surface area contributed by atoms with Crippen molar-refractivity contribution in [3.05, 3.63) is 95.1 Å². The molecule has 30 heavy (non-hydrogen) atoms. The highest BCUT2D eigenvalue weighted by atomic mass is 16.2. The fourth-order valence-corrected chi connectivity index (χ4v) is 3.74. The zero-order chi connectivity index (χ0) is 20.8. The maximum absolute atomic E-state index is 12.6. The lowest BCUT2D eigenvalue weighted by Gasteiger charge is -2.13. The first-order valence-electron chi connectivity index (χ1n) is 10.3. The number of carbonyl (C=O) groups excluding carboxylic acids is 2. The summed E-state index contributed by atoms with van der Waals surface area (Å²) >= 11 is 0.